The van der Waals surface area contributed by atoms with Crippen molar-refractivity contribution in [2.75, 3.05) is 11.5 Å². The second kappa shape index (κ2) is 6.38. The SMILES string of the molecule is Cc1ccccc1SCC(=O)Cc1cnccc1N. The molecule has 2 aromatic rings. The largest absolute Gasteiger partial charge is 0.398 e. The van der Waals surface area contributed by atoms with Crippen LogP contribution in [0.1, 0.15) is 11.1 Å². The van der Waals surface area contributed by atoms with Crippen LogP contribution in [0.25, 0.3) is 0 Å². The predicted octanol–water partition coefficient (Wildman–Crippen LogP) is 2.88. The Labute approximate surface area is 117 Å². The van der Waals surface area contributed by atoms with Crippen LogP contribution in [0, 0.1) is 6.92 Å². The number of carbonyl (C=O) groups excluding carboxylic acids is 1. The summed E-state index contributed by atoms with van der Waals surface area (Å²) in [6.07, 6.45) is 3.63. The van der Waals surface area contributed by atoms with Crippen LogP contribution in [0.5, 0.6) is 0 Å². The maximum absolute atomic E-state index is 11.9. The Morgan fingerprint density at radius 3 is 2.84 bits per heavy atom. The van der Waals surface area contributed by atoms with E-state index in [9.17, 15) is 4.79 Å². The van der Waals surface area contributed by atoms with Gasteiger partial charge >= 0.3 is 0 Å². The molecule has 0 unspecified atom stereocenters. The van der Waals surface area contributed by atoms with Crippen molar-refractivity contribution in [3.63, 3.8) is 0 Å². The zero-order valence-corrected chi connectivity index (χ0v) is 11.6. The number of hydrogen-bond acceptors (Lipinski definition) is 4. The molecule has 0 aliphatic heterocycles. The van der Waals surface area contributed by atoms with E-state index < -0.39 is 0 Å². The number of aryl methyl sites for hydroxylation is 1. The molecule has 0 saturated carbocycles. The molecule has 0 amide bonds. The van der Waals surface area contributed by atoms with Crippen LogP contribution < -0.4 is 5.73 Å². The lowest BCUT2D eigenvalue weighted by molar-refractivity contribution is -0.116. The number of ketones is 1. The van der Waals surface area contributed by atoms with Crippen molar-refractivity contribution in [2.24, 2.45) is 0 Å². The number of pyridine rings is 1. The molecule has 3 nitrogen and oxygen atoms in total. The number of Topliss-reactive ketones (excluding diaryl/α,β-unsaturated/α-hetero) is 1. The summed E-state index contributed by atoms with van der Waals surface area (Å²) in [6, 6.07) is 9.78. The number of aromatic nitrogens is 1. The number of benzene rings is 1. The van der Waals surface area contributed by atoms with Crippen LogP contribution in [0.3, 0.4) is 0 Å². The van der Waals surface area contributed by atoms with Gasteiger partial charge in [0.1, 0.15) is 5.78 Å². The molecule has 0 atom stereocenters. The maximum Gasteiger partial charge on any atom is 0.147 e. The lowest BCUT2D eigenvalue weighted by Crippen LogP contribution is -2.08. The van der Waals surface area contributed by atoms with Gasteiger partial charge in [0.2, 0.25) is 0 Å². The summed E-state index contributed by atoms with van der Waals surface area (Å²) in [7, 11) is 0. The molecule has 4 heteroatoms. The van der Waals surface area contributed by atoms with Crippen LogP contribution in [0.15, 0.2) is 47.6 Å². The van der Waals surface area contributed by atoms with E-state index >= 15 is 0 Å². The minimum absolute atomic E-state index is 0.160. The van der Waals surface area contributed by atoms with Gasteiger partial charge in [0.05, 0.1) is 5.75 Å². The van der Waals surface area contributed by atoms with Gasteiger partial charge in [-0.15, -0.1) is 11.8 Å². The Bertz CT molecular complexity index is 584. The topological polar surface area (TPSA) is 56.0 Å². The number of hydrogen-bond donors (Lipinski definition) is 1. The third-order valence-electron chi connectivity index (χ3n) is 2.81. The summed E-state index contributed by atoms with van der Waals surface area (Å²) in [5.74, 6) is 0.618. The number of rotatable bonds is 5. The maximum atomic E-state index is 11.9. The summed E-state index contributed by atoms with van der Waals surface area (Å²) in [5, 5.41) is 0. The lowest BCUT2D eigenvalue weighted by atomic mass is 10.1. The Morgan fingerprint density at radius 2 is 2.11 bits per heavy atom. The Kier molecular flexibility index (Phi) is 4.58. The first-order chi connectivity index (χ1) is 9.16. The number of nitrogens with zero attached hydrogens (tertiary/aromatic N) is 1. The minimum atomic E-state index is 0.160. The van der Waals surface area contributed by atoms with Crippen molar-refractivity contribution >= 4 is 23.2 Å². The highest BCUT2D eigenvalue weighted by atomic mass is 32.2. The molecule has 0 aliphatic carbocycles. The van der Waals surface area contributed by atoms with E-state index in [4.69, 9.17) is 5.73 Å². The molecule has 1 heterocycles. The Morgan fingerprint density at radius 1 is 1.32 bits per heavy atom. The first-order valence-corrected chi connectivity index (χ1v) is 7.04. The van der Waals surface area contributed by atoms with Gasteiger partial charge in [0, 0.05) is 35.0 Å². The molecule has 2 N–H and O–H groups in total. The van der Waals surface area contributed by atoms with Crippen molar-refractivity contribution in [3.05, 3.63) is 53.9 Å². The number of carbonyl (C=O) groups is 1. The van der Waals surface area contributed by atoms with Gasteiger partial charge in [-0.05, 0) is 24.6 Å². The van der Waals surface area contributed by atoms with Gasteiger partial charge in [0.25, 0.3) is 0 Å². The van der Waals surface area contributed by atoms with E-state index in [0.29, 0.717) is 17.9 Å². The van der Waals surface area contributed by atoms with Gasteiger partial charge in [-0.1, -0.05) is 18.2 Å². The standard InChI is InChI=1S/C15H16N2OS/c1-11-4-2-3-5-15(11)19-10-13(18)8-12-9-17-7-6-14(12)16/h2-7,9H,8,10H2,1H3,(H2,16,17). The Balaban J connectivity index is 1.92. The highest BCUT2D eigenvalue weighted by Gasteiger charge is 2.08. The van der Waals surface area contributed by atoms with E-state index in [1.807, 2.05) is 31.2 Å². The van der Waals surface area contributed by atoms with E-state index in [1.54, 1.807) is 30.2 Å². The molecular formula is C15H16N2OS. The van der Waals surface area contributed by atoms with Gasteiger partial charge in [-0.3, -0.25) is 9.78 Å². The van der Waals surface area contributed by atoms with E-state index in [0.717, 1.165) is 10.5 Å². The number of nitrogen functional groups attached to an aromatic ring is 1. The fraction of sp³-hybridized carbons (Fsp3) is 0.200. The van der Waals surface area contributed by atoms with Crippen LogP contribution in [-0.2, 0) is 11.2 Å². The van der Waals surface area contributed by atoms with Gasteiger partial charge in [-0.25, -0.2) is 0 Å². The molecule has 0 bridgehead atoms. The molecular weight excluding hydrogens is 256 g/mol. The summed E-state index contributed by atoms with van der Waals surface area (Å²) in [4.78, 5) is 17.1. The monoisotopic (exact) mass is 272 g/mol. The average Bonchev–Trinajstić information content (AvgIpc) is 2.40. The first kappa shape index (κ1) is 13.6. The van der Waals surface area contributed by atoms with Crippen LogP contribution in [0.2, 0.25) is 0 Å². The summed E-state index contributed by atoms with van der Waals surface area (Å²) >= 11 is 1.57. The van der Waals surface area contributed by atoms with Crippen LogP contribution in [0.4, 0.5) is 5.69 Å². The zero-order chi connectivity index (χ0) is 13.7. The summed E-state index contributed by atoms with van der Waals surface area (Å²) in [6.45, 7) is 2.05. The molecule has 1 aromatic heterocycles. The normalized spacial score (nSPS) is 10.4. The third kappa shape index (κ3) is 3.83. The molecule has 19 heavy (non-hydrogen) atoms. The molecule has 1 aromatic carbocycles. The fourth-order valence-corrected chi connectivity index (χ4v) is 2.61. The van der Waals surface area contributed by atoms with Crippen molar-refractivity contribution in [2.45, 2.75) is 18.2 Å². The highest BCUT2D eigenvalue weighted by molar-refractivity contribution is 8.00. The molecule has 0 radical (unpaired) electrons. The first-order valence-electron chi connectivity index (χ1n) is 6.05. The smallest absolute Gasteiger partial charge is 0.147 e. The molecule has 0 aliphatic rings. The average molecular weight is 272 g/mol. The molecule has 98 valence electrons. The second-order valence-electron chi connectivity index (χ2n) is 4.34. The summed E-state index contributed by atoms with van der Waals surface area (Å²) in [5.41, 5.74) is 8.43. The van der Waals surface area contributed by atoms with Crippen molar-refractivity contribution in [3.8, 4) is 0 Å². The third-order valence-corrected chi connectivity index (χ3v) is 4.05. The van der Waals surface area contributed by atoms with Gasteiger partial charge in [0.15, 0.2) is 0 Å². The van der Waals surface area contributed by atoms with Crippen molar-refractivity contribution < 1.29 is 4.79 Å². The van der Waals surface area contributed by atoms with Crippen molar-refractivity contribution in [1.82, 2.24) is 4.98 Å². The number of anilines is 1. The molecule has 0 fully saturated rings. The van der Waals surface area contributed by atoms with Gasteiger partial charge < -0.3 is 5.73 Å². The number of nitrogens with two attached hydrogens (primary N) is 1. The van der Waals surface area contributed by atoms with Crippen molar-refractivity contribution in [1.29, 1.82) is 0 Å². The number of thioether (sulfide) groups is 1. The van der Waals surface area contributed by atoms with E-state index in [1.165, 1.54) is 5.56 Å². The van der Waals surface area contributed by atoms with Crippen LogP contribution in [-0.4, -0.2) is 16.5 Å². The Hall–Kier alpha value is -1.81. The molecule has 2 rings (SSSR count). The summed E-state index contributed by atoms with van der Waals surface area (Å²) < 4.78 is 0. The lowest BCUT2D eigenvalue weighted by Gasteiger charge is -2.06. The fourth-order valence-electron chi connectivity index (χ4n) is 1.73. The van der Waals surface area contributed by atoms with Crippen LogP contribution >= 0.6 is 11.8 Å². The van der Waals surface area contributed by atoms with Gasteiger partial charge in [-0.2, -0.15) is 0 Å². The van der Waals surface area contributed by atoms with E-state index in [2.05, 4.69) is 4.98 Å². The second-order valence-corrected chi connectivity index (χ2v) is 5.36. The quantitative estimate of drug-likeness (QED) is 0.850. The zero-order valence-electron chi connectivity index (χ0n) is 10.8. The predicted molar refractivity (Wildman–Crippen MR) is 79.3 cm³/mol. The minimum Gasteiger partial charge on any atom is -0.398 e. The molecule has 0 spiro atoms. The highest BCUT2D eigenvalue weighted by Crippen LogP contribution is 2.22. The molecule has 0 saturated heterocycles. The van der Waals surface area contributed by atoms with E-state index in [-0.39, 0.29) is 5.78 Å².